The second-order valence-corrected chi connectivity index (χ2v) is 4.74. The molecule has 4 heteroatoms. The molecule has 1 aromatic carbocycles. The number of nitrogens with zero attached hydrogens (tertiary/aromatic N) is 3. The Hall–Kier alpha value is -1.52. The summed E-state index contributed by atoms with van der Waals surface area (Å²) < 4.78 is 0. The molecule has 1 fully saturated rings. The molecule has 2 heterocycles. The molecule has 0 saturated carbocycles. The molecule has 4 nitrogen and oxygen atoms in total. The van der Waals surface area contributed by atoms with Crippen LogP contribution in [0.25, 0.3) is 10.9 Å². The molecule has 0 radical (unpaired) electrons. The number of aromatic nitrogens is 2. The zero-order valence-corrected chi connectivity index (χ0v) is 10.5. The maximum Gasteiger partial charge on any atom is 0.0929 e. The van der Waals surface area contributed by atoms with Crippen LogP contribution < -0.4 is 5.32 Å². The van der Waals surface area contributed by atoms with Gasteiger partial charge in [-0.2, -0.15) is 10.2 Å². The van der Waals surface area contributed by atoms with Crippen LogP contribution in [0, 0.1) is 0 Å². The fourth-order valence-corrected chi connectivity index (χ4v) is 2.36. The number of piperazine rings is 1. The van der Waals surface area contributed by atoms with E-state index in [1.54, 1.807) is 0 Å². The number of hydrogen-bond acceptors (Lipinski definition) is 4. The zero-order chi connectivity index (χ0) is 12.2. The largest absolute Gasteiger partial charge is 0.314 e. The molecule has 1 saturated heterocycles. The second kappa shape index (κ2) is 5.42. The van der Waals surface area contributed by atoms with E-state index in [4.69, 9.17) is 0 Å². The van der Waals surface area contributed by atoms with Gasteiger partial charge in [-0.1, -0.05) is 18.2 Å². The molecule has 1 aliphatic heterocycles. The first kappa shape index (κ1) is 11.6. The highest BCUT2D eigenvalue weighted by atomic mass is 15.2. The summed E-state index contributed by atoms with van der Waals surface area (Å²) in [5.74, 6) is 0. The fourth-order valence-electron chi connectivity index (χ4n) is 2.36. The minimum atomic E-state index is 0.975. The zero-order valence-electron chi connectivity index (χ0n) is 10.5. The van der Waals surface area contributed by atoms with Crippen LogP contribution >= 0.6 is 0 Å². The van der Waals surface area contributed by atoms with Crippen molar-refractivity contribution in [2.24, 2.45) is 0 Å². The van der Waals surface area contributed by atoms with Crippen molar-refractivity contribution in [3.05, 3.63) is 36.0 Å². The third-order valence-corrected chi connectivity index (χ3v) is 3.44. The van der Waals surface area contributed by atoms with E-state index in [0.29, 0.717) is 0 Å². The van der Waals surface area contributed by atoms with Gasteiger partial charge in [0.25, 0.3) is 0 Å². The van der Waals surface area contributed by atoms with E-state index in [9.17, 15) is 0 Å². The molecule has 3 rings (SSSR count). The van der Waals surface area contributed by atoms with Gasteiger partial charge in [-0.25, -0.2) is 0 Å². The summed E-state index contributed by atoms with van der Waals surface area (Å²) in [7, 11) is 0. The summed E-state index contributed by atoms with van der Waals surface area (Å²) >= 11 is 0. The number of fused-ring (bicyclic) bond motifs is 1. The number of hydrogen-bond donors (Lipinski definition) is 1. The van der Waals surface area contributed by atoms with E-state index in [1.807, 2.05) is 18.2 Å². The second-order valence-electron chi connectivity index (χ2n) is 4.74. The summed E-state index contributed by atoms with van der Waals surface area (Å²) in [5.41, 5.74) is 2.07. The van der Waals surface area contributed by atoms with Crippen LogP contribution in [0.4, 0.5) is 0 Å². The normalized spacial score (nSPS) is 17.1. The van der Waals surface area contributed by atoms with E-state index >= 15 is 0 Å². The Morgan fingerprint density at radius 1 is 1.11 bits per heavy atom. The predicted molar refractivity (Wildman–Crippen MR) is 72.6 cm³/mol. The Balaban J connectivity index is 1.66. The lowest BCUT2D eigenvalue weighted by atomic mass is 10.2. The molecule has 1 aromatic heterocycles. The lowest BCUT2D eigenvalue weighted by molar-refractivity contribution is 0.243. The molecule has 0 atom stereocenters. The van der Waals surface area contributed by atoms with Crippen LogP contribution in [0.1, 0.15) is 5.69 Å². The summed E-state index contributed by atoms with van der Waals surface area (Å²) in [6, 6.07) is 10.3. The predicted octanol–water partition coefficient (Wildman–Crippen LogP) is 1.08. The Bertz CT molecular complexity index is 520. The summed E-state index contributed by atoms with van der Waals surface area (Å²) in [6.07, 6.45) is 0.984. The molecule has 0 aliphatic carbocycles. The fraction of sp³-hybridized carbons (Fsp3) is 0.429. The van der Waals surface area contributed by atoms with Crippen LogP contribution in [-0.4, -0.2) is 47.8 Å². The third kappa shape index (κ3) is 2.66. The minimum Gasteiger partial charge on any atom is -0.314 e. The lowest BCUT2D eigenvalue weighted by Crippen LogP contribution is -2.44. The van der Waals surface area contributed by atoms with Crippen LogP contribution in [0.2, 0.25) is 0 Å². The summed E-state index contributed by atoms with van der Waals surface area (Å²) in [4.78, 5) is 2.48. The molecule has 2 aromatic rings. The molecular weight excluding hydrogens is 224 g/mol. The number of benzene rings is 1. The molecular formula is C14H18N4. The van der Waals surface area contributed by atoms with Crippen molar-refractivity contribution in [2.45, 2.75) is 6.42 Å². The monoisotopic (exact) mass is 242 g/mol. The summed E-state index contributed by atoms with van der Waals surface area (Å²) in [6.45, 7) is 5.56. The van der Waals surface area contributed by atoms with Crippen molar-refractivity contribution in [3.8, 4) is 0 Å². The quantitative estimate of drug-likeness (QED) is 0.874. The van der Waals surface area contributed by atoms with Crippen molar-refractivity contribution < 1.29 is 0 Å². The molecule has 0 spiro atoms. The van der Waals surface area contributed by atoms with Gasteiger partial charge in [0.05, 0.1) is 11.2 Å². The molecule has 18 heavy (non-hydrogen) atoms. The Kier molecular flexibility index (Phi) is 3.48. The lowest BCUT2D eigenvalue weighted by Gasteiger charge is -2.26. The van der Waals surface area contributed by atoms with Crippen molar-refractivity contribution in [1.29, 1.82) is 0 Å². The highest BCUT2D eigenvalue weighted by Gasteiger charge is 2.09. The van der Waals surface area contributed by atoms with Crippen molar-refractivity contribution in [2.75, 3.05) is 32.7 Å². The van der Waals surface area contributed by atoms with Gasteiger partial charge >= 0.3 is 0 Å². The van der Waals surface area contributed by atoms with E-state index < -0.39 is 0 Å². The SMILES string of the molecule is c1ccc2nnc(CCN3CCNCC3)cc2c1. The van der Waals surface area contributed by atoms with Gasteiger partial charge < -0.3 is 10.2 Å². The van der Waals surface area contributed by atoms with E-state index in [0.717, 1.165) is 50.4 Å². The van der Waals surface area contributed by atoms with Gasteiger partial charge in [-0.15, -0.1) is 0 Å². The molecule has 0 unspecified atom stereocenters. The molecule has 1 N–H and O–H groups in total. The van der Waals surface area contributed by atoms with Crippen molar-refractivity contribution >= 4 is 10.9 Å². The highest BCUT2D eigenvalue weighted by Crippen LogP contribution is 2.11. The smallest absolute Gasteiger partial charge is 0.0929 e. The minimum absolute atomic E-state index is 0.975. The van der Waals surface area contributed by atoms with Crippen LogP contribution in [-0.2, 0) is 6.42 Å². The average molecular weight is 242 g/mol. The topological polar surface area (TPSA) is 41.1 Å². The van der Waals surface area contributed by atoms with E-state index in [-0.39, 0.29) is 0 Å². The Morgan fingerprint density at radius 3 is 2.83 bits per heavy atom. The number of rotatable bonds is 3. The Labute approximate surface area is 107 Å². The molecule has 94 valence electrons. The van der Waals surface area contributed by atoms with Crippen molar-refractivity contribution in [3.63, 3.8) is 0 Å². The van der Waals surface area contributed by atoms with Gasteiger partial charge in [0.15, 0.2) is 0 Å². The standard InChI is InChI=1S/C14H18N4/c1-2-4-14-12(3-1)11-13(16-17-14)5-8-18-9-6-15-7-10-18/h1-4,11,15H,5-10H2. The first-order chi connectivity index (χ1) is 8.92. The molecule has 0 bridgehead atoms. The average Bonchev–Trinajstić information content (AvgIpc) is 2.46. The molecule has 1 aliphatic rings. The van der Waals surface area contributed by atoms with Crippen LogP contribution in [0.5, 0.6) is 0 Å². The van der Waals surface area contributed by atoms with Gasteiger partial charge in [0.2, 0.25) is 0 Å². The summed E-state index contributed by atoms with van der Waals surface area (Å²) in [5, 5.41) is 13.1. The van der Waals surface area contributed by atoms with Gasteiger partial charge in [0.1, 0.15) is 0 Å². The van der Waals surface area contributed by atoms with E-state index in [2.05, 4.69) is 32.5 Å². The highest BCUT2D eigenvalue weighted by molar-refractivity contribution is 5.77. The number of nitrogens with one attached hydrogen (secondary N) is 1. The van der Waals surface area contributed by atoms with Gasteiger partial charge in [0, 0.05) is 44.5 Å². The maximum absolute atomic E-state index is 4.30. The first-order valence-corrected chi connectivity index (χ1v) is 6.56. The van der Waals surface area contributed by atoms with Crippen LogP contribution in [0.15, 0.2) is 30.3 Å². The van der Waals surface area contributed by atoms with Crippen molar-refractivity contribution in [1.82, 2.24) is 20.4 Å². The van der Waals surface area contributed by atoms with Gasteiger partial charge in [-0.3, -0.25) is 0 Å². The first-order valence-electron chi connectivity index (χ1n) is 6.56. The van der Waals surface area contributed by atoms with Gasteiger partial charge in [-0.05, 0) is 12.1 Å². The van der Waals surface area contributed by atoms with Crippen LogP contribution in [0.3, 0.4) is 0 Å². The molecule has 0 amide bonds. The maximum atomic E-state index is 4.30. The Morgan fingerprint density at radius 2 is 1.94 bits per heavy atom. The third-order valence-electron chi connectivity index (χ3n) is 3.44. The van der Waals surface area contributed by atoms with E-state index in [1.165, 1.54) is 5.39 Å².